The van der Waals surface area contributed by atoms with Gasteiger partial charge in [0.15, 0.2) is 0 Å². The number of aromatic nitrogens is 1. The second-order valence-corrected chi connectivity index (χ2v) is 3.13. The minimum absolute atomic E-state index is 0.310. The Balaban J connectivity index is 2.87. The van der Waals surface area contributed by atoms with E-state index in [1.807, 2.05) is 0 Å². The van der Waals surface area contributed by atoms with Gasteiger partial charge in [-0.3, -0.25) is 0 Å². The zero-order chi connectivity index (χ0) is 9.42. The topological polar surface area (TPSA) is 47.2 Å². The highest BCUT2D eigenvalue weighted by Crippen LogP contribution is 2.18. The lowest BCUT2D eigenvalue weighted by Crippen LogP contribution is -2.26. The van der Waals surface area contributed by atoms with Crippen LogP contribution in [0.15, 0.2) is 30.3 Å². The summed E-state index contributed by atoms with van der Waals surface area (Å²) in [4.78, 5) is 0. The van der Waals surface area contributed by atoms with Crippen LogP contribution in [0.3, 0.4) is 0 Å². The number of rotatable bonds is 0. The molecule has 1 aromatic heterocycles. The Kier molecular flexibility index (Phi) is 1.74. The Morgan fingerprint density at radius 2 is 2.00 bits per heavy atom. The largest absolute Gasteiger partial charge is 0.616 e. The minimum Gasteiger partial charge on any atom is -0.616 e. The molecule has 1 heterocycles. The smallest absolute Gasteiger partial charge is 0.377 e. The lowest BCUT2D eigenvalue weighted by molar-refractivity contribution is -0.585. The summed E-state index contributed by atoms with van der Waals surface area (Å²) >= 11 is 5.74. The van der Waals surface area contributed by atoms with Crippen molar-refractivity contribution in [1.29, 1.82) is 0 Å². The summed E-state index contributed by atoms with van der Waals surface area (Å²) < 4.78 is 0.464. The predicted molar refractivity (Wildman–Crippen MR) is 49.6 cm³/mol. The van der Waals surface area contributed by atoms with Gasteiger partial charge in [-0.15, -0.1) is 4.73 Å². The van der Waals surface area contributed by atoms with Gasteiger partial charge in [0.25, 0.3) is 0 Å². The number of fused-ring (bicyclic) bond motifs is 1. The Morgan fingerprint density at radius 1 is 1.23 bits per heavy atom. The average molecular weight is 196 g/mol. The van der Waals surface area contributed by atoms with Crippen molar-refractivity contribution in [2.75, 3.05) is 0 Å². The normalized spacial score (nSPS) is 10.5. The highest BCUT2D eigenvalue weighted by Gasteiger charge is 2.07. The zero-order valence-corrected chi connectivity index (χ0v) is 7.32. The first kappa shape index (κ1) is 8.13. The number of nitrogens with zero attached hydrogens (tertiary/aromatic N) is 1. The molecule has 0 saturated carbocycles. The van der Waals surface area contributed by atoms with Crippen LogP contribution in [0, 0.1) is 5.21 Å². The van der Waals surface area contributed by atoms with Crippen LogP contribution < -0.4 is 4.73 Å². The van der Waals surface area contributed by atoms with E-state index >= 15 is 0 Å². The molecule has 0 radical (unpaired) electrons. The number of halogens is 1. The molecule has 13 heavy (non-hydrogen) atoms. The fourth-order valence-electron chi connectivity index (χ4n) is 1.20. The van der Waals surface area contributed by atoms with E-state index in [4.69, 9.17) is 16.7 Å². The molecule has 0 aliphatic rings. The molecule has 0 aliphatic heterocycles. The van der Waals surface area contributed by atoms with E-state index in [9.17, 15) is 5.21 Å². The van der Waals surface area contributed by atoms with Crippen LogP contribution in [0.2, 0.25) is 5.02 Å². The quantitative estimate of drug-likeness (QED) is 0.515. The Hall–Kier alpha value is -1.48. The van der Waals surface area contributed by atoms with E-state index < -0.39 is 0 Å². The van der Waals surface area contributed by atoms with Gasteiger partial charge in [-0.05, 0) is 18.2 Å². The molecule has 3 nitrogen and oxygen atoms in total. The van der Waals surface area contributed by atoms with Crippen molar-refractivity contribution in [2.24, 2.45) is 0 Å². The van der Waals surface area contributed by atoms with Gasteiger partial charge in [-0.2, -0.15) is 0 Å². The summed E-state index contributed by atoms with van der Waals surface area (Å²) in [6.07, 6.45) is 0. The van der Waals surface area contributed by atoms with Crippen LogP contribution in [0.25, 0.3) is 10.9 Å². The van der Waals surface area contributed by atoms with Gasteiger partial charge in [0, 0.05) is 16.5 Å². The monoisotopic (exact) mass is 195 g/mol. The lowest BCUT2D eigenvalue weighted by Gasteiger charge is -2.02. The maximum absolute atomic E-state index is 11.3. The molecule has 4 heteroatoms. The first-order chi connectivity index (χ1) is 6.18. The molecular formula is C9H6ClNO2. The molecule has 0 spiro atoms. The molecular weight excluding hydrogens is 190 g/mol. The SMILES string of the molecule is [O-][n+]1c(O)ccc2cc(Cl)ccc21. The van der Waals surface area contributed by atoms with Gasteiger partial charge < -0.3 is 10.3 Å². The van der Waals surface area contributed by atoms with Gasteiger partial charge in [0.1, 0.15) is 0 Å². The molecule has 0 aliphatic carbocycles. The standard InChI is InChI=1S/C9H6ClNO2/c10-7-2-3-8-6(5-7)1-4-9(12)11(8)13/h1-5,12H. The van der Waals surface area contributed by atoms with Crippen molar-refractivity contribution in [2.45, 2.75) is 0 Å². The third kappa shape index (κ3) is 1.27. The summed E-state index contributed by atoms with van der Waals surface area (Å²) in [5, 5.41) is 21.6. The third-order valence-corrected chi connectivity index (χ3v) is 2.06. The van der Waals surface area contributed by atoms with Gasteiger partial charge >= 0.3 is 5.88 Å². The van der Waals surface area contributed by atoms with E-state index in [1.54, 1.807) is 24.3 Å². The number of hydrogen-bond donors (Lipinski definition) is 1. The lowest BCUT2D eigenvalue weighted by atomic mass is 10.2. The average Bonchev–Trinajstić information content (AvgIpc) is 2.12. The molecule has 66 valence electrons. The fraction of sp³-hybridized carbons (Fsp3) is 0. The number of benzene rings is 1. The molecule has 0 fully saturated rings. The van der Waals surface area contributed by atoms with Crippen molar-refractivity contribution in [1.82, 2.24) is 0 Å². The molecule has 0 bridgehead atoms. The van der Waals surface area contributed by atoms with Crippen molar-refractivity contribution in [3.8, 4) is 5.88 Å². The van der Waals surface area contributed by atoms with E-state index in [-0.39, 0.29) is 5.88 Å². The van der Waals surface area contributed by atoms with Gasteiger partial charge in [0.05, 0.1) is 6.07 Å². The predicted octanol–water partition coefficient (Wildman–Crippen LogP) is 1.83. The molecule has 1 N–H and O–H groups in total. The molecule has 2 rings (SSSR count). The molecule has 1 aromatic carbocycles. The molecule has 0 saturated heterocycles. The Labute approximate surface area is 79.4 Å². The third-order valence-electron chi connectivity index (χ3n) is 1.83. The second-order valence-electron chi connectivity index (χ2n) is 2.69. The summed E-state index contributed by atoms with van der Waals surface area (Å²) in [5.74, 6) is -0.310. The summed E-state index contributed by atoms with van der Waals surface area (Å²) in [6.45, 7) is 0. The Morgan fingerprint density at radius 3 is 2.77 bits per heavy atom. The van der Waals surface area contributed by atoms with Crippen LogP contribution in [0.5, 0.6) is 5.88 Å². The number of aromatic hydroxyl groups is 1. The van der Waals surface area contributed by atoms with Gasteiger partial charge in [-0.1, -0.05) is 11.6 Å². The van der Waals surface area contributed by atoms with E-state index in [2.05, 4.69) is 0 Å². The summed E-state index contributed by atoms with van der Waals surface area (Å²) in [5.41, 5.74) is 0.407. The van der Waals surface area contributed by atoms with Crippen LogP contribution in [-0.4, -0.2) is 5.11 Å². The highest BCUT2D eigenvalue weighted by molar-refractivity contribution is 6.31. The van der Waals surface area contributed by atoms with Gasteiger partial charge in [0.2, 0.25) is 5.52 Å². The summed E-state index contributed by atoms with van der Waals surface area (Å²) in [7, 11) is 0. The van der Waals surface area contributed by atoms with Crippen molar-refractivity contribution < 1.29 is 9.84 Å². The maximum Gasteiger partial charge on any atom is 0.377 e. The number of hydrogen-bond acceptors (Lipinski definition) is 2. The number of pyridine rings is 1. The second kappa shape index (κ2) is 2.78. The fourth-order valence-corrected chi connectivity index (χ4v) is 1.38. The van der Waals surface area contributed by atoms with Crippen LogP contribution in [0.1, 0.15) is 0 Å². The Bertz CT molecular complexity index is 470. The zero-order valence-electron chi connectivity index (χ0n) is 6.57. The van der Waals surface area contributed by atoms with Crippen LogP contribution in [0.4, 0.5) is 0 Å². The summed E-state index contributed by atoms with van der Waals surface area (Å²) in [6, 6.07) is 7.84. The molecule has 0 amide bonds. The van der Waals surface area contributed by atoms with E-state index in [0.29, 0.717) is 20.7 Å². The maximum atomic E-state index is 11.3. The van der Waals surface area contributed by atoms with E-state index in [1.165, 1.54) is 6.07 Å². The molecule has 2 aromatic rings. The molecule has 0 atom stereocenters. The molecule has 0 unspecified atom stereocenters. The minimum atomic E-state index is -0.310. The first-order valence-electron chi connectivity index (χ1n) is 3.69. The highest BCUT2D eigenvalue weighted by atomic mass is 35.5. The van der Waals surface area contributed by atoms with Gasteiger partial charge in [-0.25, -0.2) is 0 Å². The van der Waals surface area contributed by atoms with Crippen molar-refractivity contribution in [3.05, 3.63) is 40.6 Å². The van der Waals surface area contributed by atoms with Crippen molar-refractivity contribution in [3.63, 3.8) is 0 Å². The van der Waals surface area contributed by atoms with E-state index in [0.717, 1.165) is 0 Å². The first-order valence-corrected chi connectivity index (χ1v) is 4.07. The van der Waals surface area contributed by atoms with Crippen molar-refractivity contribution >= 4 is 22.5 Å². The van der Waals surface area contributed by atoms with Crippen LogP contribution >= 0.6 is 11.6 Å². The van der Waals surface area contributed by atoms with Crippen LogP contribution in [-0.2, 0) is 0 Å².